The van der Waals surface area contributed by atoms with E-state index in [1.165, 1.54) is 0 Å². The van der Waals surface area contributed by atoms with Crippen LogP contribution in [-0.4, -0.2) is 255 Å². The Morgan fingerprint density at radius 3 is 1.28 bits per heavy atom. The summed E-state index contributed by atoms with van der Waals surface area (Å²) < 4.78 is 65.6. The number of amides is 4. The second-order valence-electron chi connectivity index (χ2n) is 21.1. The Morgan fingerprint density at radius 2 is 0.872 bits per heavy atom. The fourth-order valence-electron chi connectivity index (χ4n) is 8.68. The zero-order chi connectivity index (χ0) is 62.1. The molecule has 25 heteroatoms. The van der Waals surface area contributed by atoms with Gasteiger partial charge in [-0.25, -0.2) is 0 Å². The summed E-state index contributed by atoms with van der Waals surface area (Å²) in [5.74, 6) is -3.15. The largest absolute Gasteiger partial charge is 0.480 e. The first-order valence-electron chi connectivity index (χ1n) is 30.4. The van der Waals surface area contributed by atoms with Crippen molar-refractivity contribution in [3.8, 4) is 0 Å². The average molecular weight is 1220 g/mol. The van der Waals surface area contributed by atoms with Crippen molar-refractivity contribution in [2.45, 2.75) is 94.9 Å². The van der Waals surface area contributed by atoms with Crippen molar-refractivity contribution < 1.29 is 85.9 Å². The highest BCUT2D eigenvalue weighted by atomic mass is 16.6. The number of nitrogens with one attached hydrogen (secondary N) is 4. The van der Waals surface area contributed by atoms with Crippen molar-refractivity contribution in [2.75, 3.05) is 185 Å². The molecule has 2 aromatic carbocycles. The maximum Gasteiger partial charge on any atom is 0.323 e. The minimum absolute atomic E-state index is 0.0385. The van der Waals surface area contributed by atoms with Gasteiger partial charge in [-0.05, 0) is 68.5 Å². The molecule has 0 saturated carbocycles. The van der Waals surface area contributed by atoms with E-state index in [1.54, 1.807) is 12.0 Å². The number of rotatable bonds is 55. The van der Waals surface area contributed by atoms with Gasteiger partial charge in [0.2, 0.25) is 23.6 Å². The third-order valence-corrected chi connectivity index (χ3v) is 13.6. The van der Waals surface area contributed by atoms with Gasteiger partial charge in [-0.2, -0.15) is 0 Å². The Morgan fingerprint density at radius 1 is 0.500 bits per heavy atom. The summed E-state index contributed by atoms with van der Waals surface area (Å²) >= 11 is 0. The van der Waals surface area contributed by atoms with E-state index >= 15 is 0 Å². The standard InChI is InChI=1S/C61H103N7O18/c1-49(2)46-54(67-58(71)55(48-51-14-8-5-9-15-51)66-56(69)52(62)47-50-12-6-4-7-13-50)57(70)65-53(59(72)68-21-17-61(63,18-22-68)60(73)74)16-10-11-19-64-20-23-76-26-27-78-30-31-80-34-35-82-38-39-84-42-43-86-45-44-85-41-40-83-37-36-81-33-32-79-29-28-77-25-24-75-3/h4-9,12-15,49,52-55,64H,10-11,16-48,62-63H2,1-3H3,(H,65,70)(H,66,69)(H,67,71)(H,73,74)/t52-,53-,54-,55-/m1/s1. The van der Waals surface area contributed by atoms with Crippen molar-refractivity contribution >= 4 is 29.6 Å². The fourth-order valence-corrected chi connectivity index (χ4v) is 8.68. The van der Waals surface area contributed by atoms with Crippen LogP contribution in [0.1, 0.15) is 63.5 Å². The van der Waals surface area contributed by atoms with Crippen LogP contribution < -0.4 is 32.7 Å². The Hall–Kier alpha value is -4.81. The van der Waals surface area contributed by atoms with Crippen molar-refractivity contribution in [1.29, 1.82) is 0 Å². The van der Waals surface area contributed by atoms with E-state index in [1.807, 2.05) is 74.5 Å². The number of nitrogens with two attached hydrogens (primary N) is 2. The number of hydrogen-bond acceptors (Lipinski definition) is 20. The number of methoxy groups -OCH3 is 1. The Balaban J connectivity index is 1.24. The van der Waals surface area contributed by atoms with Gasteiger partial charge in [0.15, 0.2) is 0 Å². The normalized spacial score (nSPS) is 14.6. The third kappa shape index (κ3) is 36.5. The van der Waals surface area contributed by atoms with Crippen LogP contribution in [0.3, 0.4) is 0 Å². The lowest BCUT2D eigenvalue weighted by atomic mass is 9.88. The molecule has 1 heterocycles. The summed E-state index contributed by atoms with van der Waals surface area (Å²) in [6.45, 7) is 16.3. The van der Waals surface area contributed by atoms with E-state index < -0.39 is 53.4 Å². The molecular formula is C61H103N7O18. The molecule has 86 heavy (non-hydrogen) atoms. The maximum atomic E-state index is 14.3. The number of nitrogens with zero attached hydrogens (tertiary/aromatic N) is 1. The number of piperidine rings is 1. The summed E-state index contributed by atoms with van der Waals surface area (Å²) in [5.41, 5.74) is 12.7. The predicted octanol–water partition coefficient (Wildman–Crippen LogP) is 1.29. The summed E-state index contributed by atoms with van der Waals surface area (Å²) in [5, 5.41) is 21.7. The second kappa shape index (κ2) is 49.1. The quantitative estimate of drug-likeness (QED) is 0.0459. The molecule has 1 aliphatic heterocycles. The van der Waals surface area contributed by atoms with Crippen LogP contribution in [0.5, 0.6) is 0 Å². The molecule has 4 atom stereocenters. The van der Waals surface area contributed by atoms with Gasteiger partial charge in [0.25, 0.3) is 0 Å². The molecule has 4 amide bonds. The summed E-state index contributed by atoms with van der Waals surface area (Å²) in [7, 11) is 1.64. The molecule has 2 aromatic rings. The van der Waals surface area contributed by atoms with Crippen LogP contribution >= 0.6 is 0 Å². The highest BCUT2D eigenvalue weighted by Gasteiger charge is 2.40. The van der Waals surface area contributed by atoms with E-state index in [-0.39, 0.29) is 57.0 Å². The topological polar surface area (TPSA) is 320 Å². The number of carbonyl (C=O) groups excluding carboxylic acids is 4. The summed E-state index contributed by atoms with van der Waals surface area (Å²) in [6, 6.07) is 14.6. The van der Waals surface area contributed by atoms with Crippen molar-refractivity contribution in [3.63, 3.8) is 0 Å². The minimum atomic E-state index is -1.45. The zero-order valence-corrected chi connectivity index (χ0v) is 51.4. The van der Waals surface area contributed by atoms with Crippen LogP contribution in [0.2, 0.25) is 0 Å². The van der Waals surface area contributed by atoms with Gasteiger partial charge in [0.05, 0.1) is 158 Å². The fraction of sp³-hybridized carbons (Fsp3) is 0.721. The Bertz CT molecular complexity index is 2050. The van der Waals surface area contributed by atoms with E-state index in [4.69, 9.17) is 68.3 Å². The van der Waals surface area contributed by atoms with E-state index in [9.17, 15) is 29.1 Å². The molecule has 1 saturated heterocycles. The highest BCUT2D eigenvalue weighted by Crippen LogP contribution is 2.22. The average Bonchev–Trinajstić information content (AvgIpc) is 3.59. The molecule has 0 unspecified atom stereocenters. The molecule has 0 spiro atoms. The molecular weight excluding hydrogens is 1120 g/mol. The maximum absolute atomic E-state index is 14.3. The number of hydrogen-bond donors (Lipinski definition) is 7. The number of benzene rings is 2. The number of carboxylic acids is 1. The van der Waals surface area contributed by atoms with Crippen LogP contribution in [0.25, 0.3) is 0 Å². The zero-order valence-electron chi connectivity index (χ0n) is 51.4. The number of carboxylic acid groups (broad SMARTS) is 1. The first kappa shape index (κ1) is 75.4. The SMILES string of the molecule is COCCOCCOCCOCCOCCOCCOCCOCCOCCOCCOCCOCCNCCCC[C@@H](NC(=O)[C@@H](CC(C)C)NC(=O)[C@@H](Cc1ccccc1)NC(=O)[C@H](N)Cc1ccccc1)C(=O)N1CCC(N)(C(=O)O)CC1. The number of unbranched alkanes of at least 4 members (excludes halogenated alkanes) is 1. The van der Waals surface area contributed by atoms with Gasteiger partial charge in [-0.1, -0.05) is 74.5 Å². The highest BCUT2D eigenvalue weighted by molar-refractivity contribution is 5.95. The van der Waals surface area contributed by atoms with Gasteiger partial charge in [0, 0.05) is 33.2 Å². The van der Waals surface area contributed by atoms with E-state index in [0.717, 1.165) is 11.1 Å². The van der Waals surface area contributed by atoms with Crippen LogP contribution in [0, 0.1) is 5.92 Å². The summed E-state index contributed by atoms with van der Waals surface area (Å²) in [6.07, 6.45) is 2.32. The van der Waals surface area contributed by atoms with Crippen molar-refractivity contribution in [1.82, 2.24) is 26.2 Å². The molecule has 25 nitrogen and oxygen atoms in total. The first-order chi connectivity index (χ1) is 41.8. The van der Waals surface area contributed by atoms with E-state index in [2.05, 4.69) is 21.3 Å². The van der Waals surface area contributed by atoms with Crippen LogP contribution in [0.4, 0.5) is 0 Å². The van der Waals surface area contributed by atoms with Gasteiger partial charge < -0.3 is 99.6 Å². The third-order valence-electron chi connectivity index (χ3n) is 13.6. The predicted molar refractivity (Wildman–Crippen MR) is 321 cm³/mol. The summed E-state index contributed by atoms with van der Waals surface area (Å²) in [4.78, 5) is 69.5. The second-order valence-corrected chi connectivity index (χ2v) is 21.1. The molecule has 3 rings (SSSR count). The van der Waals surface area contributed by atoms with Crippen molar-refractivity contribution in [3.05, 3.63) is 71.8 Å². The first-order valence-corrected chi connectivity index (χ1v) is 30.4. The Labute approximate surface area is 509 Å². The number of aliphatic carboxylic acids is 1. The molecule has 1 aliphatic rings. The number of ether oxygens (including phenoxy) is 12. The lowest BCUT2D eigenvalue weighted by Gasteiger charge is -2.38. The molecule has 0 bridgehead atoms. The lowest BCUT2D eigenvalue weighted by molar-refractivity contribution is -0.148. The van der Waals surface area contributed by atoms with Crippen LogP contribution in [0.15, 0.2) is 60.7 Å². The van der Waals surface area contributed by atoms with Gasteiger partial charge >= 0.3 is 5.97 Å². The lowest BCUT2D eigenvalue weighted by Crippen LogP contribution is -2.60. The molecule has 9 N–H and O–H groups in total. The number of likely N-dealkylation sites (tertiary alicyclic amines) is 1. The van der Waals surface area contributed by atoms with Gasteiger partial charge in [-0.15, -0.1) is 0 Å². The monoisotopic (exact) mass is 1220 g/mol. The van der Waals surface area contributed by atoms with E-state index in [0.29, 0.717) is 184 Å². The van der Waals surface area contributed by atoms with Gasteiger partial charge in [0.1, 0.15) is 23.7 Å². The van der Waals surface area contributed by atoms with Crippen molar-refractivity contribution in [2.24, 2.45) is 17.4 Å². The molecule has 0 aliphatic carbocycles. The van der Waals surface area contributed by atoms with Crippen LogP contribution in [-0.2, 0) is 93.7 Å². The molecule has 490 valence electrons. The molecule has 1 fully saturated rings. The Kier molecular flexibility index (Phi) is 43.1. The number of carbonyl (C=O) groups is 5. The smallest absolute Gasteiger partial charge is 0.323 e. The van der Waals surface area contributed by atoms with Gasteiger partial charge in [-0.3, -0.25) is 24.0 Å². The minimum Gasteiger partial charge on any atom is -0.480 e. The molecule has 0 radical (unpaired) electrons. The molecule has 0 aromatic heterocycles.